The summed E-state index contributed by atoms with van der Waals surface area (Å²) >= 11 is 6.05. The van der Waals surface area contributed by atoms with E-state index in [1.165, 1.54) is 0 Å². The quantitative estimate of drug-likeness (QED) is 0.545. The minimum absolute atomic E-state index is 0.144. The molecule has 29 heavy (non-hydrogen) atoms. The Kier molecular flexibility index (Phi) is 6.76. The number of anilines is 3. The van der Waals surface area contributed by atoms with Gasteiger partial charge in [-0.1, -0.05) is 35.9 Å². The van der Waals surface area contributed by atoms with Crippen molar-refractivity contribution in [2.75, 3.05) is 22.5 Å². The lowest BCUT2D eigenvalue weighted by molar-refractivity contribution is -0.115. The van der Waals surface area contributed by atoms with Crippen LogP contribution in [0.1, 0.15) is 22.5 Å². The Bertz CT molecular complexity index is 994. The molecule has 0 atom stereocenters. The maximum absolute atomic E-state index is 12.2. The predicted molar refractivity (Wildman–Crippen MR) is 114 cm³/mol. The molecule has 0 spiro atoms. The summed E-state index contributed by atoms with van der Waals surface area (Å²) in [5.41, 5.74) is 2.40. The maximum atomic E-state index is 12.2. The Labute approximate surface area is 173 Å². The second-order valence-electron chi connectivity index (χ2n) is 6.26. The van der Waals surface area contributed by atoms with E-state index in [0.717, 1.165) is 5.56 Å². The highest BCUT2D eigenvalue weighted by atomic mass is 35.5. The molecule has 3 N–H and O–H groups in total. The molecule has 148 valence electrons. The van der Waals surface area contributed by atoms with Crippen molar-refractivity contribution in [3.63, 3.8) is 0 Å². The highest BCUT2D eigenvalue weighted by Gasteiger charge is 2.09. The van der Waals surface area contributed by atoms with Crippen molar-refractivity contribution in [3.05, 3.63) is 76.9 Å². The van der Waals surface area contributed by atoms with Crippen LogP contribution in [0.25, 0.3) is 0 Å². The van der Waals surface area contributed by atoms with Crippen LogP contribution in [0, 0.1) is 6.92 Å². The van der Waals surface area contributed by atoms with Gasteiger partial charge in [-0.25, -0.2) is 0 Å². The number of amides is 2. The number of aromatic nitrogens is 2. The van der Waals surface area contributed by atoms with Crippen LogP contribution in [0.4, 0.5) is 17.2 Å². The lowest BCUT2D eigenvalue weighted by Gasteiger charge is -2.10. The molecule has 0 radical (unpaired) electrons. The number of hydrogen-bond acceptors (Lipinski definition) is 5. The number of nitrogens with zero attached hydrogens (tertiary/aromatic N) is 2. The summed E-state index contributed by atoms with van der Waals surface area (Å²) in [6, 6.07) is 17.7. The average Bonchev–Trinajstić information content (AvgIpc) is 2.72. The molecule has 0 fully saturated rings. The number of carbonyl (C=O) groups excluding carboxylic acids is 2. The molecule has 3 rings (SSSR count). The molecule has 0 aliphatic carbocycles. The van der Waals surface area contributed by atoms with Gasteiger partial charge in [-0.15, -0.1) is 10.2 Å². The summed E-state index contributed by atoms with van der Waals surface area (Å²) in [6.45, 7) is 2.22. The van der Waals surface area contributed by atoms with E-state index >= 15 is 0 Å². The number of hydrogen-bond donors (Lipinski definition) is 3. The molecule has 0 bridgehead atoms. The Morgan fingerprint density at radius 3 is 2.45 bits per heavy atom. The van der Waals surface area contributed by atoms with Crippen molar-refractivity contribution in [2.45, 2.75) is 13.3 Å². The monoisotopic (exact) mass is 409 g/mol. The van der Waals surface area contributed by atoms with Gasteiger partial charge in [-0.3, -0.25) is 9.59 Å². The molecular weight excluding hydrogens is 390 g/mol. The standard InChI is InChI=1S/C21H20ClN5O2/c1-14-16(22)8-5-9-17(14)25-20(28)12-13-23-19-11-10-18(26-27-19)21(29)24-15-6-3-2-4-7-15/h2-11H,12-13H2,1H3,(H,23,27)(H,24,29)(H,25,28). The van der Waals surface area contributed by atoms with E-state index in [4.69, 9.17) is 11.6 Å². The number of benzene rings is 2. The zero-order valence-electron chi connectivity index (χ0n) is 15.8. The molecule has 0 aliphatic rings. The summed E-state index contributed by atoms with van der Waals surface area (Å²) in [7, 11) is 0. The molecule has 2 amide bonds. The molecule has 1 aromatic heterocycles. The first-order valence-electron chi connectivity index (χ1n) is 9.02. The third kappa shape index (κ3) is 5.76. The molecule has 0 unspecified atom stereocenters. The van der Waals surface area contributed by atoms with Gasteiger partial charge in [-0.05, 0) is 48.9 Å². The smallest absolute Gasteiger partial charge is 0.276 e. The highest BCUT2D eigenvalue weighted by molar-refractivity contribution is 6.31. The van der Waals surface area contributed by atoms with Crippen molar-refractivity contribution < 1.29 is 9.59 Å². The molecule has 2 aromatic carbocycles. The van der Waals surface area contributed by atoms with Gasteiger partial charge in [-0.2, -0.15) is 0 Å². The van der Waals surface area contributed by atoms with E-state index in [0.29, 0.717) is 28.8 Å². The van der Waals surface area contributed by atoms with Crippen LogP contribution in [0.2, 0.25) is 5.02 Å². The second kappa shape index (κ2) is 9.66. The minimum atomic E-state index is -0.341. The van der Waals surface area contributed by atoms with E-state index in [1.54, 1.807) is 42.5 Å². The summed E-state index contributed by atoms with van der Waals surface area (Å²) in [5, 5.41) is 17.1. The lowest BCUT2D eigenvalue weighted by atomic mass is 10.2. The van der Waals surface area contributed by atoms with Crippen LogP contribution < -0.4 is 16.0 Å². The maximum Gasteiger partial charge on any atom is 0.276 e. The third-order valence-electron chi connectivity index (χ3n) is 4.13. The van der Waals surface area contributed by atoms with E-state index < -0.39 is 0 Å². The van der Waals surface area contributed by atoms with Crippen LogP contribution in [0.3, 0.4) is 0 Å². The molecular formula is C21H20ClN5O2. The van der Waals surface area contributed by atoms with Gasteiger partial charge in [0, 0.05) is 29.4 Å². The van der Waals surface area contributed by atoms with Crippen molar-refractivity contribution in [3.8, 4) is 0 Å². The molecule has 0 aliphatic heterocycles. The predicted octanol–water partition coefficient (Wildman–Crippen LogP) is 4.13. The van der Waals surface area contributed by atoms with Crippen molar-refractivity contribution in [1.82, 2.24) is 10.2 Å². The Morgan fingerprint density at radius 1 is 0.931 bits per heavy atom. The highest BCUT2D eigenvalue weighted by Crippen LogP contribution is 2.22. The molecule has 1 heterocycles. The largest absolute Gasteiger partial charge is 0.368 e. The number of carbonyl (C=O) groups is 2. The van der Waals surface area contributed by atoms with Crippen LogP contribution >= 0.6 is 11.6 Å². The van der Waals surface area contributed by atoms with Gasteiger partial charge in [0.05, 0.1) is 0 Å². The van der Waals surface area contributed by atoms with Gasteiger partial charge in [0.2, 0.25) is 5.91 Å². The van der Waals surface area contributed by atoms with Crippen molar-refractivity contribution in [2.24, 2.45) is 0 Å². The van der Waals surface area contributed by atoms with E-state index in [1.807, 2.05) is 25.1 Å². The fourth-order valence-corrected chi connectivity index (χ4v) is 2.70. The first kappa shape index (κ1) is 20.3. The SMILES string of the molecule is Cc1c(Cl)cccc1NC(=O)CCNc1ccc(C(=O)Nc2ccccc2)nn1. The molecule has 3 aromatic rings. The van der Waals surface area contributed by atoms with Crippen molar-refractivity contribution in [1.29, 1.82) is 0 Å². The summed E-state index contributed by atoms with van der Waals surface area (Å²) in [6.07, 6.45) is 0.240. The van der Waals surface area contributed by atoms with Crippen molar-refractivity contribution >= 4 is 40.6 Å². The van der Waals surface area contributed by atoms with Gasteiger partial charge >= 0.3 is 0 Å². The van der Waals surface area contributed by atoms with E-state index in [9.17, 15) is 9.59 Å². The molecule has 0 saturated heterocycles. The lowest BCUT2D eigenvalue weighted by Crippen LogP contribution is -2.18. The van der Waals surface area contributed by atoms with Crippen LogP contribution in [0.15, 0.2) is 60.7 Å². The Morgan fingerprint density at radius 2 is 1.72 bits per heavy atom. The number of halogens is 1. The van der Waals surface area contributed by atoms with Crippen LogP contribution in [0.5, 0.6) is 0 Å². The number of nitrogens with one attached hydrogen (secondary N) is 3. The minimum Gasteiger partial charge on any atom is -0.368 e. The zero-order valence-corrected chi connectivity index (χ0v) is 16.5. The fraction of sp³-hybridized carbons (Fsp3) is 0.143. The van der Waals surface area contributed by atoms with Gasteiger partial charge in [0.25, 0.3) is 5.91 Å². The zero-order chi connectivity index (χ0) is 20.6. The summed E-state index contributed by atoms with van der Waals surface area (Å²) in [5.74, 6) is -0.00537. The van der Waals surface area contributed by atoms with E-state index in [-0.39, 0.29) is 23.9 Å². The second-order valence-corrected chi connectivity index (χ2v) is 6.67. The number of rotatable bonds is 7. The first-order chi connectivity index (χ1) is 14.0. The first-order valence-corrected chi connectivity index (χ1v) is 9.39. The van der Waals surface area contributed by atoms with Crippen LogP contribution in [-0.4, -0.2) is 28.6 Å². The topological polar surface area (TPSA) is 96.0 Å². The summed E-state index contributed by atoms with van der Waals surface area (Å²) in [4.78, 5) is 24.3. The molecule has 8 heteroatoms. The van der Waals surface area contributed by atoms with E-state index in [2.05, 4.69) is 26.1 Å². The van der Waals surface area contributed by atoms with Gasteiger partial charge in [0.15, 0.2) is 5.69 Å². The molecule has 0 saturated carbocycles. The molecule has 7 nitrogen and oxygen atoms in total. The van der Waals surface area contributed by atoms with Gasteiger partial charge < -0.3 is 16.0 Å². The van der Waals surface area contributed by atoms with Gasteiger partial charge in [0.1, 0.15) is 5.82 Å². The Hall–Kier alpha value is -3.45. The third-order valence-corrected chi connectivity index (χ3v) is 4.54. The normalized spacial score (nSPS) is 10.3. The summed E-state index contributed by atoms with van der Waals surface area (Å²) < 4.78 is 0. The average molecular weight is 410 g/mol. The Balaban J connectivity index is 1.47. The number of para-hydroxylation sites is 1. The fourth-order valence-electron chi connectivity index (χ4n) is 2.52. The van der Waals surface area contributed by atoms with Crippen LogP contribution in [-0.2, 0) is 4.79 Å².